The van der Waals surface area contributed by atoms with Crippen LogP contribution in [0.15, 0.2) is 97.2 Å². The molecule has 0 saturated carbocycles. The van der Waals surface area contributed by atoms with Crippen molar-refractivity contribution >= 4 is 17.9 Å². The van der Waals surface area contributed by atoms with Crippen LogP contribution >= 0.6 is 0 Å². The zero-order valence-corrected chi connectivity index (χ0v) is 35.9. The zero-order valence-electron chi connectivity index (χ0n) is 35.9. The number of allylic oxidation sites excluding steroid dienone is 16. The molecule has 56 heavy (non-hydrogen) atoms. The third-order valence-corrected chi connectivity index (χ3v) is 8.90. The van der Waals surface area contributed by atoms with Gasteiger partial charge in [-0.1, -0.05) is 169 Å². The SMILES string of the molecule is CC\C=C/C=C\C=C/C=C\CCCCCCCC(=O)OCC(COC(=O)CCC/C=C\C/C=C\C/C=C\CC)OC(=O)CCCCCCC/C=C\CCCCC. The van der Waals surface area contributed by atoms with Gasteiger partial charge in [-0.05, 0) is 89.9 Å². The van der Waals surface area contributed by atoms with Crippen molar-refractivity contribution in [1.82, 2.24) is 0 Å². The van der Waals surface area contributed by atoms with Crippen LogP contribution in [0.1, 0.15) is 181 Å². The van der Waals surface area contributed by atoms with E-state index in [9.17, 15) is 14.4 Å². The van der Waals surface area contributed by atoms with Crippen molar-refractivity contribution in [3.63, 3.8) is 0 Å². The van der Waals surface area contributed by atoms with Crippen LogP contribution in [0.4, 0.5) is 0 Å². The van der Waals surface area contributed by atoms with Gasteiger partial charge in [0.05, 0.1) is 0 Å². The molecule has 6 nitrogen and oxygen atoms in total. The van der Waals surface area contributed by atoms with Crippen molar-refractivity contribution in [2.75, 3.05) is 13.2 Å². The molecule has 0 amide bonds. The third-order valence-electron chi connectivity index (χ3n) is 8.90. The van der Waals surface area contributed by atoms with Crippen LogP contribution in [0.25, 0.3) is 0 Å². The summed E-state index contributed by atoms with van der Waals surface area (Å²) in [4.78, 5) is 37.7. The average molecular weight is 777 g/mol. The fourth-order valence-electron chi connectivity index (χ4n) is 5.59. The van der Waals surface area contributed by atoms with Gasteiger partial charge < -0.3 is 14.2 Å². The van der Waals surface area contributed by atoms with Crippen LogP contribution in [-0.4, -0.2) is 37.2 Å². The molecule has 0 aromatic rings. The summed E-state index contributed by atoms with van der Waals surface area (Å²) in [6.07, 6.45) is 56.8. The number of rotatable bonds is 38. The second-order valence-corrected chi connectivity index (χ2v) is 14.3. The molecule has 0 radical (unpaired) electrons. The lowest BCUT2D eigenvalue weighted by Gasteiger charge is -2.18. The average Bonchev–Trinajstić information content (AvgIpc) is 3.19. The van der Waals surface area contributed by atoms with Crippen LogP contribution in [-0.2, 0) is 28.6 Å². The molecule has 0 fully saturated rings. The second kappa shape index (κ2) is 44.0. The molecule has 316 valence electrons. The maximum Gasteiger partial charge on any atom is 0.306 e. The van der Waals surface area contributed by atoms with E-state index in [1.807, 2.05) is 24.3 Å². The summed E-state index contributed by atoms with van der Waals surface area (Å²) in [6, 6.07) is 0. The zero-order chi connectivity index (χ0) is 40.8. The van der Waals surface area contributed by atoms with Gasteiger partial charge in [0.15, 0.2) is 6.10 Å². The molecule has 0 heterocycles. The number of carbonyl (C=O) groups excluding carboxylic acids is 3. The van der Waals surface area contributed by atoms with Gasteiger partial charge in [-0.25, -0.2) is 0 Å². The van der Waals surface area contributed by atoms with Gasteiger partial charge in [0.25, 0.3) is 0 Å². The van der Waals surface area contributed by atoms with E-state index in [0.717, 1.165) is 103 Å². The third kappa shape index (κ3) is 41.5. The molecule has 0 aliphatic carbocycles. The van der Waals surface area contributed by atoms with E-state index in [0.29, 0.717) is 19.3 Å². The quantitative estimate of drug-likeness (QED) is 0.0204. The lowest BCUT2D eigenvalue weighted by molar-refractivity contribution is -0.167. The fraction of sp³-hybridized carbons (Fsp3) is 0.620. The van der Waals surface area contributed by atoms with Crippen molar-refractivity contribution < 1.29 is 28.6 Å². The number of unbranched alkanes of at least 4 members (excludes halogenated alkanes) is 14. The van der Waals surface area contributed by atoms with Gasteiger partial charge in [0, 0.05) is 19.3 Å². The molecular weight excluding hydrogens is 697 g/mol. The molecule has 0 N–H and O–H groups in total. The summed E-state index contributed by atoms with van der Waals surface area (Å²) in [5.74, 6) is -1.01. The molecule has 0 saturated heterocycles. The van der Waals surface area contributed by atoms with Gasteiger partial charge in [-0.3, -0.25) is 14.4 Å². The summed E-state index contributed by atoms with van der Waals surface area (Å²) in [6.45, 7) is 6.25. The lowest BCUT2D eigenvalue weighted by atomic mass is 10.1. The predicted octanol–water partition coefficient (Wildman–Crippen LogP) is 14.2. The Labute approximate surface area is 343 Å². The first kappa shape index (κ1) is 52.3. The molecule has 0 aliphatic rings. The highest BCUT2D eigenvalue weighted by molar-refractivity contribution is 5.71. The Morgan fingerprint density at radius 1 is 0.393 bits per heavy atom. The molecule has 1 atom stereocenters. The van der Waals surface area contributed by atoms with Crippen LogP contribution in [0, 0.1) is 0 Å². The van der Waals surface area contributed by atoms with E-state index < -0.39 is 6.10 Å². The van der Waals surface area contributed by atoms with Crippen molar-refractivity contribution in [1.29, 1.82) is 0 Å². The number of ether oxygens (including phenoxy) is 3. The van der Waals surface area contributed by atoms with Crippen LogP contribution in [0.3, 0.4) is 0 Å². The Kier molecular flexibility index (Phi) is 41.2. The summed E-state index contributed by atoms with van der Waals surface area (Å²) < 4.78 is 16.6. The fourth-order valence-corrected chi connectivity index (χ4v) is 5.59. The topological polar surface area (TPSA) is 78.9 Å². The number of esters is 3. The molecule has 0 bridgehead atoms. The highest BCUT2D eigenvalue weighted by atomic mass is 16.6. The molecule has 0 aliphatic heterocycles. The minimum absolute atomic E-state index is 0.111. The first-order chi connectivity index (χ1) is 27.5. The molecule has 1 unspecified atom stereocenters. The number of carbonyl (C=O) groups is 3. The molecular formula is C50H80O6. The normalized spacial score (nSPS) is 13.0. The van der Waals surface area contributed by atoms with E-state index in [1.54, 1.807) is 0 Å². The Morgan fingerprint density at radius 3 is 1.39 bits per heavy atom. The first-order valence-corrected chi connectivity index (χ1v) is 22.3. The van der Waals surface area contributed by atoms with E-state index in [4.69, 9.17) is 14.2 Å². The number of hydrogen-bond donors (Lipinski definition) is 0. The predicted molar refractivity (Wildman–Crippen MR) is 237 cm³/mol. The largest absolute Gasteiger partial charge is 0.462 e. The summed E-state index contributed by atoms with van der Waals surface area (Å²) in [5.41, 5.74) is 0. The summed E-state index contributed by atoms with van der Waals surface area (Å²) in [7, 11) is 0. The van der Waals surface area contributed by atoms with Crippen molar-refractivity contribution in [2.24, 2.45) is 0 Å². The molecule has 0 rings (SSSR count). The molecule has 0 aromatic carbocycles. The Morgan fingerprint density at radius 2 is 0.804 bits per heavy atom. The first-order valence-electron chi connectivity index (χ1n) is 22.3. The van der Waals surface area contributed by atoms with Crippen LogP contribution in [0.5, 0.6) is 0 Å². The highest BCUT2D eigenvalue weighted by Gasteiger charge is 2.19. The van der Waals surface area contributed by atoms with Gasteiger partial charge in [-0.15, -0.1) is 0 Å². The maximum atomic E-state index is 12.7. The monoisotopic (exact) mass is 777 g/mol. The van der Waals surface area contributed by atoms with E-state index >= 15 is 0 Å². The summed E-state index contributed by atoms with van der Waals surface area (Å²) >= 11 is 0. The standard InChI is InChI=1S/C50H80O6/c1-4-7-10-13-16-19-22-24-25-26-29-31-34-37-40-43-49(52)55-46-47(45-54-48(51)42-39-36-33-30-27-21-18-15-12-9-6-3)56-50(53)44-41-38-35-32-28-23-20-17-14-11-8-5-2/h7,9-10,12-13,16-22,24-25,30,33,47H,4-6,8,11,14-15,23,26-29,31-32,34-46H2,1-3H3/b10-7-,12-9-,16-13-,20-17-,21-18-,22-19-,25-24-,33-30-. The van der Waals surface area contributed by atoms with E-state index in [1.165, 1.54) is 32.1 Å². The van der Waals surface area contributed by atoms with Crippen molar-refractivity contribution in [2.45, 2.75) is 187 Å². The Balaban J connectivity index is 4.51. The minimum Gasteiger partial charge on any atom is -0.462 e. The molecule has 0 spiro atoms. The highest BCUT2D eigenvalue weighted by Crippen LogP contribution is 2.12. The number of hydrogen-bond acceptors (Lipinski definition) is 6. The Bertz CT molecular complexity index is 1170. The second-order valence-electron chi connectivity index (χ2n) is 14.3. The van der Waals surface area contributed by atoms with Crippen molar-refractivity contribution in [3.8, 4) is 0 Å². The van der Waals surface area contributed by atoms with Gasteiger partial charge >= 0.3 is 17.9 Å². The Hall–Kier alpha value is -3.67. The maximum absolute atomic E-state index is 12.7. The van der Waals surface area contributed by atoms with Crippen LogP contribution < -0.4 is 0 Å². The van der Waals surface area contributed by atoms with Crippen LogP contribution in [0.2, 0.25) is 0 Å². The lowest BCUT2D eigenvalue weighted by Crippen LogP contribution is -2.30. The molecule has 0 aromatic heterocycles. The smallest absolute Gasteiger partial charge is 0.306 e. The van der Waals surface area contributed by atoms with E-state index in [2.05, 4.69) is 93.7 Å². The van der Waals surface area contributed by atoms with Gasteiger partial charge in [0.2, 0.25) is 0 Å². The van der Waals surface area contributed by atoms with Crippen molar-refractivity contribution in [3.05, 3.63) is 97.2 Å². The molecule has 6 heteroatoms. The van der Waals surface area contributed by atoms with Gasteiger partial charge in [-0.2, -0.15) is 0 Å². The summed E-state index contributed by atoms with van der Waals surface area (Å²) in [5, 5.41) is 0. The minimum atomic E-state index is -0.810. The van der Waals surface area contributed by atoms with Gasteiger partial charge in [0.1, 0.15) is 13.2 Å². The van der Waals surface area contributed by atoms with E-state index in [-0.39, 0.29) is 37.5 Å².